The van der Waals surface area contributed by atoms with Crippen LogP contribution in [0.2, 0.25) is 0 Å². The smallest absolute Gasteiger partial charge is 0.271 e. The highest BCUT2D eigenvalue weighted by Gasteiger charge is 2.41. The lowest BCUT2D eigenvalue weighted by atomic mass is 9.92. The third-order valence-corrected chi connectivity index (χ3v) is 7.55. The standard InChI is InChI=1S/C22H24N6O2S/c1-13-25-18-19(15(11-23)21(29)26(2)22(18)31-13)27-9-7-16-14(12-27)6-10-28(16)20-17(30-3)5-4-8-24-20/h4-5,8,14,16H,6-7,9-10,12H2,1-3H3/t14-,16+/m1/s1. The molecule has 31 heavy (non-hydrogen) atoms. The van der Waals surface area contributed by atoms with Crippen molar-refractivity contribution in [1.29, 1.82) is 5.26 Å². The molecular formula is C22H24N6O2S. The van der Waals surface area contributed by atoms with Crippen LogP contribution in [-0.4, -0.2) is 47.3 Å². The molecule has 9 heteroatoms. The van der Waals surface area contributed by atoms with Crippen molar-refractivity contribution in [2.45, 2.75) is 25.8 Å². The molecule has 2 aliphatic heterocycles. The lowest BCUT2D eigenvalue weighted by molar-refractivity contribution is 0.386. The van der Waals surface area contributed by atoms with Gasteiger partial charge in [-0.25, -0.2) is 9.97 Å². The normalized spacial score (nSPS) is 20.7. The van der Waals surface area contributed by atoms with Gasteiger partial charge in [-0.05, 0) is 37.8 Å². The number of methoxy groups -OCH3 is 1. The number of rotatable bonds is 3. The molecule has 8 nitrogen and oxygen atoms in total. The summed E-state index contributed by atoms with van der Waals surface area (Å²) in [6.07, 6.45) is 3.77. The summed E-state index contributed by atoms with van der Waals surface area (Å²) in [5.74, 6) is 2.11. The average molecular weight is 437 g/mol. The van der Waals surface area contributed by atoms with E-state index in [-0.39, 0.29) is 11.1 Å². The van der Waals surface area contributed by atoms with Crippen molar-refractivity contribution in [3.8, 4) is 11.8 Å². The third-order valence-electron chi connectivity index (χ3n) is 6.51. The summed E-state index contributed by atoms with van der Waals surface area (Å²) >= 11 is 1.50. The summed E-state index contributed by atoms with van der Waals surface area (Å²) in [4.78, 5) is 27.6. The highest BCUT2D eigenvalue weighted by atomic mass is 32.1. The second-order valence-corrected chi connectivity index (χ2v) is 9.34. The first-order chi connectivity index (χ1) is 15.0. The lowest BCUT2D eigenvalue weighted by Crippen LogP contribution is -2.47. The zero-order valence-electron chi connectivity index (χ0n) is 17.8. The Morgan fingerprint density at radius 3 is 2.94 bits per heavy atom. The lowest BCUT2D eigenvalue weighted by Gasteiger charge is -2.39. The van der Waals surface area contributed by atoms with Gasteiger partial charge in [0.2, 0.25) is 0 Å². The highest BCUT2D eigenvalue weighted by molar-refractivity contribution is 7.18. The van der Waals surface area contributed by atoms with Crippen LogP contribution < -0.4 is 20.1 Å². The monoisotopic (exact) mass is 436 g/mol. The number of fused-ring (bicyclic) bond motifs is 2. The topological polar surface area (TPSA) is 87.3 Å². The van der Waals surface area contributed by atoms with E-state index in [9.17, 15) is 10.1 Å². The Morgan fingerprint density at radius 1 is 1.32 bits per heavy atom. The molecule has 0 unspecified atom stereocenters. The van der Waals surface area contributed by atoms with Gasteiger partial charge < -0.3 is 19.1 Å². The van der Waals surface area contributed by atoms with Crippen molar-refractivity contribution in [1.82, 2.24) is 14.5 Å². The Morgan fingerprint density at radius 2 is 2.16 bits per heavy atom. The molecule has 5 rings (SSSR count). The minimum absolute atomic E-state index is 0.194. The van der Waals surface area contributed by atoms with Crippen molar-refractivity contribution in [3.63, 3.8) is 0 Å². The van der Waals surface area contributed by atoms with E-state index < -0.39 is 0 Å². The second-order valence-electron chi connectivity index (χ2n) is 8.16. The Hall–Kier alpha value is -3.12. The van der Waals surface area contributed by atoms with E-state index in [0.717, 1.165) is 59.4 Å². The summed E-state index contributed by atoms with van der Waals surface area (Å²) in [6, 6.07) is 6.37. The van der Waals surface area contributed by atoms with E-state index in [1.54, 1.807) is 24.9 Å². The van der Waals surface area contributed by atoms with Gasteiger partial charge in [-0.15, -0.1) is 11.3 Å². The highest BCUT2D eigenvalue weighted by Crippen LogP contribution is 2.40. The average Bonchev–Trinajstić information content (AvgIpc) is 3.38. The van der Waals surface area contributed by atoms with Crippen molar-refractivity contribution < 1.29 is 4.74 Å². The first kappa shape index (κ1) is 19.8. The molecule has 0 aliphatic carbocycles. The van der Waals surface area contributed by atoms with E-state index in [1.807, 2.05) is 19.1 Å². The number of pyridine rings is 2. The van der Waals surface area contributed by atoms with E-state index in [1.165, 1.54) is 11.3 Å². The quantitative estimate of drug-likeness (QED) is 0.624. The van der Waals surface area contributed by atoms with Crippen molar-refractivity contribution >= 4 is 33.2 Å². The van der Waals surface area contributed by atoms with Gasteiger partial charge in [0.15, 0.2) is 11.6 Å². The van der Waals surface area contributed by atoms with Crippen LogP contribution in [-0.2, 0) is 7.05 Å². The number of hydrogen-bond donors (Lipinski definition) is 0. The Kier molecular flexibility index (Phi) is 4.82. The van der Waals surface area contributed by atoms with Crippen LogP contribution in [0.15, 0.2) is 23.1 Å². The molecular weight excluding hydrogens is 412 g/mol. The number of thiazole rings is 1. The predicted octanol–water partition coefficient (Wildman–Crippen LogP) is 2.68. The number of aromatic nitrogens is 3. The summed E-state index contributed by atoms with van der Waals surface area (Å²) < 4.78 is 7.09. The molecule has 0 amide bonds. The number of piperidine rings is 1. The zero-order valence-corrected chi connectivity index (χ0v) is 18.6. The fourth-order valence-corrected chi connectivity index (χ4v) is 5.97. The Labute approximate surface area is 184 Å². The van der Waals surface area contributed by atoms with Crippen LogP contribution in [0.4, 0.5) is 11.5 Å². The maximum atomic E-state index is 12.9. The van der Waals surface area contributed by atoms with Gasteiger partial charge in [-0.1, -0.05) is 0 Å². The predicted molar refractivity (Wildman–Crippen MR) is 121 cm³/mol. The van der Waals surface area contributed by atoms with Crippen LogP contribution >= 0.6 is 11.3 Å². The minimum Gasteiger partial charge on any atom is -0.493 e. The molecule has 0 N–H and O–H groups in total. The molecule has 2 fully saturated rings. The summed E-state index contributed by atoms with van der Waals surface area (Å²) in [6.45, 7) is 4.42. The van der Waals surface area contributed by atoms with Crippen molar-refractivity contribution in [3.05, 3.63) is 39.3 Å². The molecule has 0 spiro atoms. The van der Waals surface area contributed by atoms with Crippen molar-refractivity contribution in [2.24, 2.45) is 13.0 Å². The van der Waals surface area contributed by atoms with E-state index in [2.05, 4.69) is 20.9 Å². The van der Waals surface area contributed by atoms with E-state index in [4.69, 9.17) is 9.72 Å². The molecule has 0 aromatic carbocycles. The van der Waals surface area contributed by atoms with Crippen LogP contribution in [0, 0.1) is 24.2 Å². The first-order valence-corrected chi connectivity index (χ1v) is 11.3. The molecule has 2 aliphatic rings. The molecule has 0 bridgehead atoms. The second kappa shape index (κ2) is 7.54. The summed E-state index contributed by atoms with van der Waals surface area (Å²) in [7, 11) is 3.39. The number of nitrogens with zero attached hydrogens (tertiary/aromatic N) is 6. The molecule has 3 aromatic heterocycles. The van der Waals surface area contributed by atoms with Gasteiger partial charge in [-0.3, -0.25) is 4.79 Å². The zero-order chi connectivity index (χ0) is 21.7. The number of nitriles is 1. The molecule has 2 saturated heterocycles. The van der Waals surface area contributed by atoms with Crippen molar-refractivity contribution in [2.75, 3.05) is 36.5 Å². The minimum atomic E-state index is -0.248. The fraction of sp³-hybridized carbons (Fsp3) is 0.455. The van der Waals surface area contributed by atoms with Gasteiger partial charge in [0.25, 0.3) is 5.56 Å². The number of ether oxygens (including phenoxy) is 1. The largest absolute Gasteiger partial charge is 0.493 e. The summed E-state index contributed by atoms with van der Waals surface area (Å²) in [5.41, 5.74) is 1.42. The molecule has 0 saturated carbocycles. The van der Waals surface area contributed by atoms with Crippen LogP contribution in [0.1, 0.15) is 23.4 Å². The maximum absolute atomic E-state index is 12.9. The number of anilines is 2. The maximum Gasteiger partial charge on any atom is 0.271 e. The van der Waals surface area contributed by atoms with Crippen LogP contribution in [0.25, 0.3) is 10.3 Å². The van der Waals surface area contributed by atoms with E-state index in [0.29, 0.717) is 17.6 Å². The molecule has 0 radical (unpaired) electrons. The van der Waals surface area contributed by atoms with Gasteiger partial charge in [-0.2, -0.15) is 5.26 Å². The van der Waals surface area contributed by atoms with Gasteiger partial charge in [0.1, 0.15) is 22.0 Å². The Balaban J connectivity index is 1.50. The van der Waals surface area contributed by atoms with E-state index >= 15 is 0 Å². The third kappa shape index (κ3) is 3.05. The van der Waals surface area contributed by atoms with Gasteiger partial charge in [0, 0.05) is 38.9 Å². The molecule has 2 atom stereocenters. The fourth-order valence-electron chi connectivity index (χ4n) is 5.09. The van der Waals surface area contributed by atoms with Crippen LogP contribution in [0.5, 0.6) is 5.75 Å². The number of aryl methyl sites for hydroxylation is 2. The molecule has 160 valence electrons. The Bertz CT molecular complexity index is 1260. The first-order valence-electron chi connectivity index (χ1n) is 10.4. The molecule has 5 heterocycles. The van der Waals surface area contributed by atoms with Gasteiger partial charge in [0.05, 0.1) is 17.8 Å². The SMILES string of the molecule is COc1cccnc1N1CC[C@@H]2CN(c3c(C#N)c(=O)n(C)c4sc(C)nc34)CC[C@@H]21. The number of hydrogen-bond acceptors (Lipinski definition) is 8. The molecule has 3 aromatic rings. The van der Waals surface area contributed by atoms with Crippen LogP contribution in [0.3, 0.4) is 0 Å². The van der Waals surface area contributed by atoms with Gasteiger partial charge >= 0.3 is 0 Å². The summed E-state index contributed by atoms with van der Waals surface area (Å²) in [5, 5.41) is 10.7.